The molecule has 2 nitrogen and oxygen atoms in total. The molecule has 0 fully saturated rings. The fraction of sp³-hybridized carbons (Fsp3) is 0.500. The third-order valence-electron chi connectivity index (χ3n) is 1.86. The van der Waals surface area contributed by atoms with Crippen LogP contribution in [0.1, 0.15) is 27.7 Å². The summed E-state index contributed by atoms with van der Waals surface area (Å²) in [6.45, 7) is 13.6. The molecule has 0 bridgehead atoms. The standard InChI is InChI=1S/C12H21NO/c1-6-12(11(4)5)13(7-2)9-10-14-8-3/h6,9-10H,1,7-8H2,2-5H3. The molecule has 0 aromatic heterocycles. The van der Waals surface area contributed by atoms with E-state index >= 15 is 0 Å². The Hall–Kier alpha value is -1.18. The summed E-state index contributed by atoms with van der Waals surface area (Å²) in [5.74, 6) is 0. The third kappa shape index (κ3) is 4.17. The molecule has 0 radical (unpaired) electrons. The van der Waals surface area contributed by atoms with E-state index in [0.29, 0.717) is 6.61 Å². The van der Waals surface area contributed by atoms with Crippen LogP contribution >= 0.6 is 0 Å². The monoisotopic (exact) mass is 195 g/mol. The first kappa shape index (κ1) is 12.8. The lowest BCUT2D eigenvalue weighted by Crippen LogP contribution is -2.15. The summed E-state index contributed by atoms with van der Waals surface area (Å²) in [5, 5.41) is 0. The highest BCUT2D eigenvalue weighted by atomic mass is 16.5. The van der Waals surface area contributed by atoms with Crippen LogP contribution in [-0.2, 0) is 4.74 Å². The van der Waals surface area contributed by atoms with E-state index in [0.717, 1.165) is 12.2 Å². The second-order valence-electron chi connectivity index (χ2n) is 3.12. The van der Waals surface area contributed by atoms with Crippen molar-refractivity contribution in [3.8, 4) is 0 Å². The molecule has 0 rings (SSSR count). The lowest BCUT2D eigenvalue weighted by atomic mass is 10.2. The first-order valence-corrected chi connectivity index (χ1v) is 5.02. The van der Waals surface area contributed by atoms with Crippen molar-refractivity contribution in [3.63, 3.8) is 0 Å². The topological polar surface area (TPSA) is 12.5 Å². The molecule has 0 aromatic carbocycles. The molecule has 0 heterocycles. The molecule has 0 N–H and O–H groups in total. The molecular weight excluding hydrogens is 174 g/mol. The average Bonchev–Trinajstić information content (AvgIpc) is 2.16. The van der Waals surface area contributed by atoms with Gasteiger partial charge in [-0.25, -0.2) is 0 Å². The van der Waals surface area contributed by atoms with Gasteiger partial charge in [0.05, 0.1) is 12.9 Å². The van der Waals surface area contributed by atoms with E-state index < -0.39 is 0 Å². The molecule has 0 saturated heterocycles. The zero-order valence-corrected chi connectivity index (χ0v) is 9.71. The Labute approximate surface area is 87.6 Å². The van der Waals surface area contributed by atoms with Crippen LogP contribution in [0.25, 0.3) is 0 Å². The molecule has 0 aliphatic heterocycles. The number of hydrogen-bond donors (Lipinski definition) is 0. The van der Waals surface area contributed by atoms with Gasteiger partial charge in [0.15, 0.2) is 0 Å². The van der Waals surface area contributed by atoms with E-state index in [4.69, 9.17) is 4.74 Å². The van der Waals surface area contributed by atoms with Crippen LogP contribution in [-0.4, -0.2) is 18.1 Å². The SMILES string of the molecule is C=CC(=C(C)C)N(C=COCC)CC. The van der Waals surface area contributed by atoms with Gasteiger partial charge in [-0.05, 0) is 33.8 Å². The zero-order valence-electron chi connectivity index (χ0n) is 9.71. The van der Waals surface area contributed by atoms with E-state index in [1.54, 1.807) is 6.26 Å². The Morgan fingerprint density at radius 1 is 1.36 bits per heavy atom. The molecule has 0 spiro atoms. The van der Waals surface area contributed by atoms with Gasteiger partial charge in [0.2, 0.25) is 0 Å². The van der Waals surface area contributed by atoms with Gasteiger partial charge in [-0.2, -0.15) is 0 Å². The highest BCUT2D eigenvalue weighted by Gasteiger charge is 2.01. The predicted molar refractivity (Wildman–Crippen MR) is 61.7 cm³/mol. The van der Waals surface area contributed by atoms with Crippen LogP contribution in [0, 0.1) is 0 Å². The number of nitrogens with zero attached hydrogens (tertiary/aromatic N) is 1. The quantitative estimate of drug-likeness (QED) is 0.476. The number of likely N-dealkylation sites (N-methyl/N-ethyl adjacent to an activating group) is 1. The largest absolute Gasteiger partial charge is 0.500 e. The maximum absolute atomic E-state index is 5.16. The predicted octanol–water partition coefficient (Wildman–Crippen LogP) is 3.30. The van der Waals surface area contributed by atoms with E-state index in [1.807, 2.05) is 19.2 Å². The van der Waals surface area contributed by atoms with Crippen LogP contribution < -0.4 is 0 Å². The Balaban J connectivity index is 4.54. The fourth-order valence-corrected chi connectivity index (χ4v) is 1.18. The summed E-state index contributed by atoms with van der Waals surface area (Å²) in [4.78, 5) is 2.11. The second kappa shape index (κ2) is 7.25. The number of allylic oxidation sites excluding steroid dienone is 2. The van der Waals surface area contributed by atoms with Crippen LogP contribution in [0.15, 0.2) is 36.4 Å². The Morgan fingerprint density at radius 2 is 2.00 bits per heavy atom. The van der Waals surface area contributed by atoms with Gasteiger partial charge in [0.1, 0.15) is 0 Å². The van der Waals surface area contributed by atoms with Crippen LogP contribution in [0.2, 0.25) is 0 Å². The third-order valence-corrected chi connectivity index (χ3v) is 1.86. The van der Waals surface area contributed by atoms with E-state index in [2.05, 4.69) is 32.3 Å². The molecule has 0 amide bonds. The number of ether oxygens (including phenoxy) is 1. The lowest BCUT2D eigenvalue weighted by Gasteiger charge is -2.20. The van der Waals surface area contributed by atoms with Gasteiger partial charge >= 0.3 is 0 Å². The van der Waals surface area contributed by atoms with Crippen LogP contribution in [0.3, 0.4) is 0 Å². The van der Waals surface area contributed by atoms with E-state index in [1.165, 1.54) is 5.57 Å². The molecule has 0 saturated carbocycles. The van der Waals surface area contributed by atoms with Crippen LogP contribution in [0.5, 0.6) is 0 Å². The van der Waals surface area contributed by atoms with Crippen molar-refractivity contribution in [2.45, 2.75) is 27.7 Å². The van der Waals surface area contributed by atoms with Gasteiger partial charge in [-0.15, -0.1) is 0 Å². The number of rotatable bonds is 6. The minimum absolute atomic E-state index is 0.701. The molecular formula is C12H21NO. The van der Waals surface area contributed by atoms with Crippen molar-refractivity contribution in [2.24, 2.45) is 0 Å². The molecule has 0 unspecified atom stereocenters. The number of hydrogen-bond acceptors (Lipinski definition) is 2. The van der Waals surface area contributed by atoms with Crippen molar-refractivity contribution < 1.29 is 4.74 Å². The maximum atomic E-state index is 5.16. The van der Waals surface area contributed by atoms with E-state index in [-0.39, 0.29) is 0 Å². The molecule has 0 atom stereocenters. The van der Waals surface area contributed by atoms with Crippen molar-refractivity contribution in [1.82, 2.24) is 4.90 Å². The minimum Gasteiger partial charge on any atom is -0.500 e. The van der Waals surface area contributed by atoms with Gasteiger partial charge < -0.3 is 9.64 Å². The molecule has 0 aliphatic carbocycles. The average molecular weight is 195 g/mol. The van der Waals surface area contributed by atoms with Crippen molar-refractivity contribution in [2.75, 3.05) is 13.2 Å². The summed E-state index contributed by atoms with van der Waals surface area (Å²) in [6.07, 6.45) is 5.53. The van der Waals surface area contributed by atoms with Gasteiger partial charge in [-0.1, -0.05) is 12.2 Å². The molecule has 2 heteroatoms. The van der Waals surface area contributed by atoms with E-state index in [9.17, 15) is 0 Å². The lowest BCUT2D eigenvalue weighted by molar-refractivity contribution is 0.262. The van der Waals surface area contributed by atoms with Crippen molar-refractivity contribution in [1.29, 1.82) is 0 Å². The summed E-state index contributed by atoms with van der Waals surface area (Å²) >= 11 is 0. The second-order valence-corrected chi connectivity index (χ2v) is 3.12. The first-order valence-electron chi connectivity index (χ1n) is 5.02. The zero-order chi connectivity index (χ0) is 11.0. The molecule has 0 aliphatic rings. The Morgan fingerprint density at radius 3 is 2.36 bits per heavy atom. The van der Waals surface area contributed by atoms with Crippen molar-refractivity contribution in [3.05, 3.63) is 36.4 Å². The molecule has 0 aromatic rings. The normalized spacial score (nSPS) is 10.0. The first-order chi connectivity index (χ1) is 6.67. The maximum Gasteiger partial charge on any atom is 0.0990 e. The summed E-state index contributed by atoms with van der Waals surface area (Å²) in [6, 6.07) is 0. The van der Waals surface area contributed by atoms with Gasteiger partial charge in [0, 0.05) is 18.4 Å². The Kier molecular flexibility index (Phi) is 6.63. The van der Waals surface area contributed by atoms with Gasteiger partial charge in [0.25, 0.3) is 0 Å². The molecule has 80 valence electrons. The summed E-state index contributed by atoms with van der Waals surface area (Å²) < 4.78 is 5.16. The minimum atomic E-state index is 0.701. The van der Waals surface area contributed by atoms with Crippen molar-refractivity contribution >= 4 is 0 Å². The fourth-order valence-electron chi connectivity index (χ4n) is 1.18. The summed E-state index contributed by atoms with van der Waals surface area (Å²) in [5.41, 5.74) is 2.39. The highest BCUT2D eigenvalue weighted by molar-refractivity contribution is 5.22. The van der Waals surface area contributed by atoms with Gasteiger partial charge in [-0.3, -0.25) is 0 Å². The molecule has 14 heavy (non-hydrogen) atoms. The van der Waals surface area contributed by atoms with Crippen LogP contribution in [0.4, 0.5) is 0 Å². The smallest absolute Gasteiger partial charge is 0.0990 e. The summed E-state index contributed by atoms with van der Waals surface area (Å²) in [7, 11) is 0. The Bertz CT molecular complexity index is 224. The highest BCUT2D eigenvalue weighted by Crippen LogP contribution is 2.11.